The molecule has 2 aromatic rings. The predicted molar refractivity (Wildman–Crippen MR) is 76.0 cm³/mol. The van der Waals surface area contributed by atoms with Gasteiger partial charge >= 0.3 is 5.97 Å². The molecule has 2 rings (SSSR count). The minimum Gasteiger partial charge on any atom is -0.478 e. The zero-order valence-corrected chi connectivity index (χ0v) is 11.9. The summed E-state index contributed by atoms with van der Waals surface area (Å²) in [6.45, 7) is 5.88. The Hall–Kier alpha value is -1.65. The highest BCUT2D eigenvalue weighted by Gasteiger charge is 2.22. The van der Waals surface area contributed by atoms with Crippen LogP contribution >= 0.6 is 11.3 Å². The minimum atomic E-state index is -1.00. The third-order valence-corrected chi connectivity index (χ3v) is 4.15. The second kappa shape index (κ2) is 5.15. The van der Waals surface area contributed by atoms with Crippen molar-refractivity contribution in [3.05, 3.63) is 56.3 Å². The fourth-order valence-electron chi connectivity index (χ4n) is 2.46. The van der Waals surface area contributed by atoms with Crippen molar-refractivity contribution in [1.29, 1.82) is 0 Å². The van der Waals surface area contributed by atoms with Gasteiger partial charge in [-0.3, -0.25) is 0 Å². The Morgan fingerprint density at radius 2 is 1.79 bits per heavy atom. The number of aliphatic hydroxyl groups excluding tert-OH is 1. The van der Waals surface area contributed by atoms with Crippen molar-refractivity contribution >= 4 is 17.3 Å². The number of benzene rings is 1. The third-order valence-electron chi connectivity index (χ3n) is 3.19. The van der Waals surface area contributed by atoms with Crippen LogP contribution in [0, 0.1) is 20.8 Å². The van der Waals surface area contributed by atoms with Crippen molar-refractivity contribution in [2.75, 3.05) is 0 Å². The maximum atomic E-state index is 11.1. The summed E-state index contributed by atoms with van der Waals surface area (Å²) in [6, 6.07) is 5.53. The number of hydrogen-bond donors (Lipinski definition) is 2. The van der Waals surface area contributed by atoms with Crippen LogP contribution < -0.4 is 0 Å². The highest BCUT2D eigenvalue weighted by molar-refractivity contribution is 7.10. The molecule has 1 aromatic carbocycles. The van der Waals surface area contributed by atoms with Gasteiger partial charge < -0.3 is 10.2 Å². The lowest BCUT2D eigenvalue weighted by Gasteiger charge is -2.17. The average molecular weight is 276 g/mol. The van der Waals surface area contributed by atoms with Gasteiger partial charge in [0.05, 0.1) is 10.4 Å². The van der Waals surface area contributed by atoms with Gasteiger partial charge in [0.2, 0.25) is 0 Å². The number of carboxylic acid groups (broad SMARTS) is 1. The Balaban J connectivity index is 2.53. The fraction of sp³-hybridized carbons (Fsp3) is 0.267. The Morgan fingerprint density at radius 1 is 1.21 bits per heavy atom. The fourth-order valence-corrected chi connectivity index (χ4v) is 3.34. The molecule has 0 bridgehead atoms. The van der Waals surface area contributed by atoms with Gasteiger partial charge in [-0.1, -0.05) is 17.7 Å². The van der Waals surface area contributed by atoms with Crippen molar-refractivity contribution in [1.82, 2.24) is 0 Å². The van der Waals surface area contributed by atoms with Gasteiger partial charge in [-0.05, 0) is 48.9 Å². The van der Waals surface area contributed by atoms with E-state index in [-0.39, 0.29) is 5.56 Å². The van der Waals surface area contributed by atoms with E-state index in [1.54, 1.807) is 5.38 Å². The van der Waals surface area contributed by atoms with Crippen LogP contribution in [-0.4, -0.2) is 16.2 Å². The van der Waals surface area contributed by atoms with Gasteiger partial charge in [0.1, 0.15) is 6.10 Å². The van der Waals surface area contributed by atoms with E-state index in [0.29, 0.717) is 4.88 Å². The standard InChI is InChI=1S/C15H16O3S/c1-8-6-9(2)12(10(3)7-8)13(16)14-11(15(17)18)4-5-19-14/h4-7,13,16H,1-3H3,(H,17,18). The summed E-state index contributed by atoms with van der Waals surface area (Å²) >= 11 is 1.27. The summed E-state index contributed by atoms with van der Waals surface area (Å²) < 4.78 is 0. The summed E-state index contributed by atoms with van der Waals surface area (Å²) in [7, 11) is 0. The number of carboxylic acids is 1. The molecular weight excluding hydrogens is 260 g/mol. The minimum absolute atomic E-state index is 0.178. The first-order chi connectivity index (χ1) is 8.91. The Kier molecular flexibility index (Phi) is 3.73. The van der Waals surface area contributed by atoms with E-state index in [1.165, 1.54) is 17.4 Å². The molecule has 1 heterocycles. The molecule has 0 spiro atoms. The number of carbonyl (C=O) groups is 1. The van der Waals surface area contributed by atoms with Gasteiger partial charge in [0, 0.05) is 0 Å². The van der Waals surface area contributed by atoms with E-state index >= 15 is 0 Å². The molecule has 3 nitrogen and oxygen atoms in total. The van der Waals surface area contributed by atoms with Crippen molar-refractivity contribution in [2.24, 2.45) is 0 Å². The topological polar surface area (TPSA) is 57.5 Å². The zero-order valence-electron chi connectivity index (χ0n) is 11.1. The quantitative estimate of drug-likeness (QED) is 0.902. The smallest absolute Gasteiger partial charge is 0.336 e. The zero-order chi connectivity index (χ0) is 14.2. The van der Waals surface area contributed by atoms with Crippen molar-refractivity contribution < 1.29 is 15.0 Å². The highest BCUT2D eigenvalue weighted by Crippen LogP contribution is 2.33. The summed E-state index contributed by atoms with van der Waals surface area (Å²) in [5.41, 5.74) is 4.08. The molecule has 19 heavy (non-hydrogen) atoms. The molecule has 0 radical (unpaired) electrons. The molecule has 100 valence electrons. The molecular formula is C15H16O3S. The molecule has 0 aliphatic rings. The van der Waals surface area contributed by atoms with E-state index < -0.39 is 12.1 Å². The van der Waals surface area contributed by atoms with Gasteiger partial charge in [0.15, 0.2) is 0 Å². The first-order valence-electron chi connectivity index (χ1n) is 5.98. The molecule has 2 N–H and O–H groups in total. The summed E-state index contributed by atoms with van der Waals surface area (Å²) in [5, 5.41) is 21.3. The molecule has 1 aromatic heterocycles. The van der Waals surface area contributed by atoms with E-state index in [4.69, 9.17) is 5.11 Å². The van der Waals surface area contributed by atoms with Crippen LogP contribution in [0.25, 0.3) is 0 Å². The first kappa shape index (κ1) is 13.8. The number of hydrogen-bond acceptors (Lipinski definition) is 3. The normalized spacial score (nSPS) is 12.4. The summed E-state index contributed by atoms with van der Waals surface area (Å²) in [6.07, 6.45) is -0.883. The lowest BCUT2D eigenvalue weighted by atomic mass is 9.94. The summed E-state index contributed by atoms with van der Waals surface area (Å²) in [4.78, 5) is 11.6. The van der Waals surface area contributed by atoms with E-state index in [2.05, 4.69) is 0 Å². The second-order valence-corrected chi connectivity index (χ2v) is 5.67. The number of aromatic carboxylic acids is 1. The Morgan fingerprint density at radius 3 is 2.32 bits per heavy atom. The van der Waals surface area contributed by atoms with E-state index in [0.717, 1.165) is 22.3 Å². The van der Waals surface area contributed by atoms with Crippen LogP contribution in [0.4, 0.5) is 0 Å². The Bertz CT molecular complexity index is 605. The lowest BCUT2D eigenvalue weighted by Crippen LogP contribution is -2.08. The van der Waals surface area contributed by atoms with E-state index in [1.807, 2.05) is 32.9 Å². The molecule has 0 saturated heterocycles. The van der Waals surface area contributed by atoms with Crippen molar-refractivity contribution in [3.8, 4) is 0 Å². The SMILES string of the molecule is Cc1cc(C)c(C(O)c2sccc2C(=O)O)c(C)c1. The van der Waals surface area contributed by atoms with Gasteiger partial charge in [-0.25, -0.2) is 4.79 Å². The highest BCUT2D eigenvalue weighted by atomic mass is 32.1. The van der Waals surface area contributed by atoms with Crippen LogP contribution in [0.3, 0.4) is 0 Å². The van der Waals surface area contributed by atoms with Gasteiger partial charge in [0.25, 0.3) is 0 Å². The van der Waals surface area contributed by atoms with E-state index in [9.17, 15) is 9.90 Å². The van der Waals surface area contributed by atoms with Gasteiger partial charge in [-0.15, -0.1) is 11.3 Å². The largest absolute Gasteiger partial charge is 0.478 e. The number of rotatable bonds is 3. The maximum absolute atomic E-state index is 11.1. The lowest BCUT2D eigenvalue weighted by molar-refractivity contribution is 0.0692. The molecule has 0 aliphatic heterocycles. The average Bonchev–Trinajstić information content (AvgIpc) is 2.75. The molecule has 0 aliphatic carbocycles. The Labute approximate surface area is 116 Å². The van der Waals surface area contributed by atoms with Crippen molar-refractivity contribution in [3.63, 3.8) is 0 Å². The molecule has 0 amide bonds. The van der Waals surface area contributed by atoms with Crippen LogP contribution in [0.15, 0.2) is 23.6 Å². The molecule has 1 atom stereocenters. The van der Waals surface area contributed by atoms with Crippen LogP contribution in [0.2, 0.25) is 0 Å². The molecule has 4 heteroatoms. The van der Waals surface area contributed by atoms with Crippen LogP contribution in [-0.2, 0) is 0 Å². The molecule has 0 saturated carbocycles. The molecule has 0 fully saturated rings. The van der Waals surface area contributed by atoms with Crippen LogP contribution in [0.5, 0.6) is 0 Å². The third kappa shape index (κ3) is 2.55. The predicted octanol–water partition coefficient (Wildman–Crippen LogP) is 3.45. The second-order valence-electron chi connectivity index (χ2n) is 4.72. The van der Waals surface area contributed by atoms with Gasteiger partial charge in [-0.2, -0.15) is 0 Å². The summed E-state index contributed by atoms with van der Waals surface area (Å²) in [5.74, 6) is -1.00. The first-order valence-corrected chi connectivity index (χ1v) is 6.86. The number of aliphatic hydroxyl groups is 1. The molecule has 1 unspecified atom stereocenters. The van der Waals surface area contributed by atoms with Crippen LogP contribution in [0.1, 0.15) is 43.6 Å². The monoisotopic (exact) mass is 276 g/mol. The number of thiophene rings is 1. The number of aryl methyl sites for hydroxylation is 3. The van der Waals surface area contributed by atoms with Crippen molar-refractivity contribution in [2.45, 2.75) is 26.9 Å². The maximum Gasteiger partial charge on any atom is 0.336 e.